The van der Waals surface area contributed by atoms with Crippen molar-refractivity contribution in [1.29, 1.82) is 0 Å². The predicted molar refractivity (Wildman–Crippen MR) is 110 cm³/mol. The fraction of sp³-hybridized carbons (Fsp3) is 0. The molecule has 2 aromatic carbocycles. The van der Waals surface area contributed by atoms with Crippen molar-refractivity contribution in [2.24, 2.45) is 0 Å². The number of nitrogens with zero attached hydrogens (tertiary/aromatic N) is 2. The van der Waals surface area contributed by atoms with E-state index in [1.54, 1.807) is 6.08 Å². The Bertz CT molecular complexity index is 992. The third-order valence-electron chi connectivity index (χ3n) is 3.52. The topological polar surface area (TPSA) is 92.6 Å². The molecule has 2 amide bonds. The summed E-state index contributed by atoms with van der Waals surface area (Å²) in [5.41, 5.74) is 2.63. The first kappa shape index (κ1) is 19.2. The number of amides is 2. The molecule has 0 atom stereocenters. The van der Waals surface area contributed by atoms with Crippen LogP contribution in [0, 0.1) is 10.1 Å². The van der Waals surface area contributed by atoms with Crippen LogP contribution < -0.4 is 5.43 Å². The highest BCUT2D eigenvalue weighted by atomic mass is 79.9. The summed E-state index contributed by atoms with van der Waals surface area (Å²) in [4.78, 5) is 35.7. The summed E-state index contributed by atoms with van der Waals surface area (Å²) in [6, 6.07) is 12.8. The number of hydrogen-bond donors (Lipinski definition) is 1. The van der Waals surface area contributed by atoms with Gasteiger partial charge in [-0.05, 0) is 42.1 Å². The highest BCUT2D eigenvalue weighted by Gasteiger charge is 2.34. The van der Waals surface area contributed by atoms with Crippen molar-refractivity contribution in [1.82, 2.24) is 10.4 Å². The molecule has 1 fully saturated rings. The first-order valence-electron chi connectivity index (χ1n) is 7.45. The molecule has 0 aliphatic carbocycles. The zero-order chi connectivity index (χ0) is 19.6. The van der Waals surface area contributed by atoms with Gasteiger partial charge < -0.3 is 0 Å². The molecule has 136 valence electrons. The van der Waals surface area contributed by atoms with E-state index in [9.17, 15) is 19.7 Å². The van der Waals surface area contributed by atoms with Crippen molar-refractivity contribution in [3.63, 3.8) is 0 Å². The minimum atomic E-state index is -0.788. The fourth-order valence-electron chi connectivity index (χ4n) is 2.26. The summed E-state index contributed by atoms with van der Waals surface area (Å²) in [6.07, 6.45) is 1.66. The standard InChI is InChI=1S/C17H10BrN3O4S2/c18-11-7-5-10(6-8-11)9-14-16(23)20(17(26)27-14)19-15(22)12-3-1-2-4-13(12)21(24)25/h1-9H,(H,19,22)/b14-9-. The summed E-state index contributed by atoms with van der Waals surface area (Å²) >= 11 is 9.53. The molecular weight excluding hydrogens is 454 g/mol. The lowest BCUT2D eigenvalue weighted by Crippen LogP contribution is -2.45. The van der Waals surface area contributed by atoms with Gasteiger partial charge in [-0.2, -0.15) is 5.01 Å². The molecule has 0 unspecified atom stereocenters. The van der Waals surface area contributed by atoms with E-state index in [0.717, 1.165) is 26.8 Å². The zero-order valence-electron chi connectivity index (χ0n) is 13.4. The number of rotatable bonds is 4. The predicted octanol–water partition coefficient (Wildman–Crippen LogP) is 3.90. The Kier molecular flexibility index (Phi) is 5.68. The molecule has 10 heteroatoms. The zero-order valence-corrected chi connectivity index (χ0v) is 16.6. The number of carbonyl (C=O) groups excluding carboxylic acids is 2. The van der Waals surface area contributed by atoms with Gasteiger partial charge in [0.2, 0.25) is 0 Å². The van der Waals surface area contributed by atoms with Crippen LogP contribution in [-0.2, 0) is 4.79 Å². The lowest BCUT2D eigenvalue weighted by atomic mass is 10.2. The molecule has 0 saturated carbocycles. The van der Waals surface area contributed by atoms with E-state index < -0.39 is 16.7 Å². The van der Waals surface area contributed by atoms with Crippen LogP contribution in [0.5, 0.6) is 0 Å². The van der Waals surface area contributed by atoms with Crippen LogP contribution in [-0.4, -0.2) is 26.1 Å². The molecule has 1 saturated heterocycles. The van der Waals surface area contributed by atoms with Crippen LogP contribution in [0.25, 0.3) is 6.08 Å². The van der Waals surface area contributed by atoms with Gasteiger partial charge in [-0.15, -0.1) is 0 Å². The largest absolute Gasteiger partial charge is 0.285 e. The van der Waals surface area contributed by atoms with E-state index in [1.165, 1.54) is 24.3 Å². The maximum atomic E-state index is 12.6. The molecule has 0 spiro atoms. The van der Waals surface area contributed by atoms with Gasteiger partial charge in [0.15, 0.2) is 4.32 Å². The number of para-hydroxylation sites is 1. The average Bonchev–Trinajstić information content (AvgIpc) is 2.91. The third-order valence-corrected chi connectivity index (χ3v) is 5.35. The van der Waals surface area contributed by atoms with Gasteiger partial charge in [0, 0.05) is 10.5 Å². The summed E-state index contributed by atoms with van der Waals surface area (Å²) in [5.74, 6) is -1.29. The number of carbonyl (C=O) groups is 2. The number of nitro groups is 1. The molecule has 27 heavy (non-hydrogen) atoms. The van der Waals surface area contributed by atoms with E-state index in [4.69, 9.17) is 12.2 Å². The second-order valence-corrected chi connectivity index (χ2v) is 7.88. The lowest BCUT2D eigenvalue weighted by Gasteiger charge is -2.15. The van der Waals surface area contributed by atoms with E-state index in [-0.39, 0.29) is 15.6 Å². The normalized spacial score (nSPS) is 15.3. The van der Waals surface area contributed by atoms with Gasteiger partial charge in [-0.25, -0.2) is 0 Å². The van der Waals surface area contributed by atoms with Crippen molar-refractivity contribution < 1.29 is 14.5 Å². The fourth-order valence-corrected chi connectivity index (χ4v) is 3.70. The van der Waals surface area contributed by atoms with Crippen molar-refractivity contribution in [2.45, 2.75) is 0 Å². The number of hydrazine groups is 1. The maximum Gasteiger partial charge on any atom is 0.285 e. The quantitative estimate of drug-likeness (QED) is 0.319. The summed E-state index contributed by atoms with van der Waals surface area (Å²) in [5, 5.41) is 12.0. The molecule has 0 bridgehead atoms. The van der Waals surface area contributed by atoms with Crippen LogP contribution >= 0.6 is 39.9 Å². The molecular formula is C17H10BrN3O4S2. The molecule has 1 aliphatic rings. The van der Waals surface area contributed by atoms with E-state index in [1.807, 2.05) is 24.3 Å². The van der Waals surface area contributed by atoms with Crippen molar-refractivity contribution in [3.8, 4) is 0 Å². The highest BCUT2D eigenvalue weighted by molar-refractivity contribution is 9.10. The number of halogens is 1. The van der Waals surface area contributed by atoms with Crippen LogP contribution in [0.3, 0.4) is 0 Å². The number of nitrogens with one attached hydrogen (secondary N) is 1. The number of thiocarbonyl (C=S) groups is 1. The van der Waals surface area contributed by atoms with Crippen molar-refractivity contribution >= 4 is 67.8 Å². The van der Waals surface area contributed by atoms with Crippen LogP contribution in [0.4, 0.5) is 5.69 Å². The SMILES string of the molecule is O=C(NN1C(=O)/C(=C/c2ccc(Br)cc2)SC1=S)c1ccccc1[N+](=O)[O-]. The van der Waals surface area contributed by atoms with Crippen LogP contribution in [0.1, 0.15) is 15.9 Å². The average molecular weight is 464 g/mol. The monoisotopic (exact) mass is 463 g/mol. The Labute approximate surface area is 171 Å². The van der Waals surface area contributed by atoms with Gasteiger partial charge in [0.25, 0.3) is 17.5 Å². The second kappa shape index (κ2) is 7.99. The molecule has 0 aromatic heterocycles. The van der Waals surface area contributed by atoms with E-state index in [2.05, 4.69) is 21.4 Å². The Hall–Kier alpha value is -2.56. The second-order valence-electron chi connectivity index (χ2n) is 5.28. The number of hydrogen-bond acceptors (Lipinski definition) is 6. The lowest BCUT2D eigenvalue weighted by molar-refractivity contribution is -0.385. The van der Waals surface area contributed by atoms with Gasteiger partial charge in [-0.3, -0.25) is 25.1 Å². The Morgan fingerprint density at radius 1 is 1.22 bits per heavy atom. The molecule has 1 N–H and O–H groups in total. The molecule has 3 rings (SSSR count). The van der Waals surface area contributed by atoms with Gasteiger partial charge in [0.1, 0.15) is 5.56 Å². The summed E-state index contributed by atoms with van der Waals surface area (Å²) in [6.45, 7) is 0. The minimum absolute atomic E-state index is 0.135. The van der Waals surface area contributed by atoms with Crippen molar-refractivity contribution in [2.75, 3.05) is 0 Å². The molecule has 2 aromatic rings. The number of benzene rings is 2. The number of thioether (sulfide) groups is 1. The molecule has 1 heterocycles. The van der Waals surface area contributed by atoms with Crippen LogP contribution in [0.15, 0.2) is 57.9 Å². The third kappa shape index (κ3) is 4.24. The van der Waals surface area contributed by atoms with Crippen molar-refractivity contribution in [3.05, 3.63) is 79.2 Å². The van der Waals surface area contributed by atoms with Gasteiger partial charge >= 0.3 is 0 Å². The van der Waals surface area contributed by atoms with Gasteiger partial charge in [-0.1, -0.05) is 52.0 Å². The Morgan fingerprint density at radius 2 is 1.89 bits per heavy atom. The highest BCUT2D eigenvalue weighted by Crippen LogP contribution is 2.32. The maximum absolute atomic E-state index is 12.6. The Morgan fingerprint density at radius 3 is 2.56 bits per heavy atom. The first-order chi connectivity index (χ1) is 12.9. The van der Waals surface area contributed by atoms with E-state index in [0.29, 0.717) is 4.91 Å². The minimum Gasteiger partial charge on any atom is -0.267 e. The van der Waals surface area contributed by atoms with Crippen LogP contribution in [0.2, 0.25) is 0 Å². The molecule has 0 radical (unpaired) electrons. The first-order valence-corrected chi connectivity index (χ1v) is 9.46. The van der Waals surface area contributed by atoms with Gasteiger partial charge in [0.05, 0.1) is 9.83 Å². The smallest absolute Gasteiger partial charge is 0.267 e. The summed E-state index contributed by atoms with van der Waals surface area (Å²) in [7, 11) is 0. The van der Waals surface area contributed by atoms with E-state index >= 15 is 0 Å². The molecule has 7 nitrogen and oxygen atoms in total. The Balaban J connectivity index is 1.81. The molecule has 1 aliphatic heterocycles. The summed E-state index contributed by atoms with van der Waals surface area (Å²) < 4.78 is 1.04. The number of nitro benzene ring substituents is 1.